The molecule has 1 aromatic heterocycles. The summed E-state index contributed by atoms with van der Waals surface area (Å²) >= 11 is 0. The van der Waals surface area contributed by atoms with Crippen LogP contribution in [-0.4, -0.2) is 4.98 Å². The lowest BCUT2D eigenvalue weighted by molar-refractivity contribution is -0.137. The summed E-state index contributed by atoms with van der Waals surface area (Å²) in [5, 5.41) is 0.675. The van der Waals surface area contributed by atoms with Crippen molar-refractivity contribution >= 4 is 10.9 Å². The van der Waals surface area contributed by atoms with Crippen LogP contribution in [0.25, 0.3) is 10.9 Å². The minimum absolute atomic E-state index is 0.420. The molecule has 0 radical (unpaired) electrons. The number of fused-ring (bicyclic) bond motifs is 1. The third-order valence-corrected chi connectivity index (χ3v) is 2.72. The van der Waals surface area contributed by atoms with E-state index in [1.165, 1.54) is 12.1 Å². The number of aromatic nitrogens is 1. The van der Waals surface area contributed by atoms with Gasteiger partial charge in [0.1, 0.15) is 0 Å². The topological polar surface area (TPSA) is 15.8 Å². The van der Waals surface area contributed by atoms with E-state index in [1.54, 1.807) is 6.20 Å². The van der Waals surface area contributed by atoms with Crippen molar-refractivity contribution < 1.29 is 13.2 Å². The summed E-state index contributed by atoms with van der Waals surface area (Å²) in [6.45, 7) is 4.10. The van der Waals surface area contributed by atoms with Gasteiger partial charge in [-0.1, -0.05) is 13.8 Å². The number of rotatable bonds is 2. The Hall–Kier alpha value is -1.45. The number of aromatic amines is 1. The Morgan fingerprint density at radius 2 is 1.94 bits per heavy atom. The first-order valence-corrected chi connectivity index (χ1v) is 5.55. The highest BCUT2D eigenvalue weighted by Crippen LogP contribution is 2.32. The minimum Gasteiger partial charge on any atom is -0.361 e. The summed E-state index contributed by atoms with van der Waals surface area (Å²) in [6, 6.07) is 3.82. The fraction of sp³-hybridized carbons (Fsp3) is 0.385. The van der Waals surface area contributed by atoms with Crippen molar-refractivity contribution in [3.8, 4) is 0 Å². The van der Waals surface area contributed by atoms with Gasteiger partial charge in [-0.15, -0.1) is 0 Å². The molecule has 92 valence electrons. The highest BCUT2D eigenvalue weighted by atomic mass is 19.4. The van der Waals surface area contributed by atoms with Crippen molar-refractivity contribution in [1.82, 2.24) is 4.98 Å². The molecule has 1 heterocycles. The van der Waals surface area contributed by atoms with Gasteiger partial charge < -0.3 is 4.98 Å². The van der Waals surface area contributed by atoms with E-state index in [-0.39, 0.29) is 0 Å². The maximum Gasteiger partial charge on any atom is 0.416 e. The lowest BCUT2D eigenvalue weighted by atomic mass is 10.0. The van der Waals surface area contributed by atoms with Gasteiger partial charge in [0.15, 0.2) is 0 Å². The van der Waals surface area contributed by atoms with E-state index in [0.717, 1.165) is 23.6 Å². The van der Waals surface area contributed by atoms with Crippen molar-refractivity contribution in [3.05, 3.63) is 35.5 Å². The molecule has 0 unspecified atom stereocenters. The maximum atomic E-state index is 12.6. The molecule has 4 heteroatoms. The van der Waals surface area contributed by atoms with Crippen LogP contribution in [0.5, 0.6) is 0 Å². The predicted octanol–water partition coefficient (Wildman–Crippen LogP) is 4.39. The SMILES string of the molecule is CC(C)Cc1c[nH]c2ccc(C(F)(F)F)cc12. The van der Waals surface area contributed by atoms with Crippen LogP contribution in [0.2, 0.25) is 0 Å². The van der Waals surface area contributed by atoms with E-state index in [2.05, 4.69) is 4.98 Å². The van der Waals surface area contributed by atoms with Crippen molar-refractivity contribution in [1.29, 1.82) is 0 Å². The number of alkyl halides is 3. The maximum absolute atomic E-state index is 12.6. The van der Waals surface area contributed by atoms with Crippen LogP contribution < -0.4 is 0 Å². The van der Waals surface area contributed by atoms with Crippen LogP contribution >= 0.6 is 0 Å². The number of halogens is 3. The third-order valence-electron chi connectivity index (χ3n) is 2.72. The zero-order valence-electron chi connectivity index (χ0n) is 9.73. The van der Waals surface area contributed by atoms with Crippen LogP contribution in [0.4, 0.5) is 13.2 Å². The second-order valence-electron chi connectivity index (χ2n) is 4.67. The van der Waals surface area contributed by atoms with Gasteiger partial charge in [0.2, 0.25) is 0 Å². The van der Waals surface area contributed by atoms with Crippen molar-refractivity contribution in [2.45, 2.75) is 26.4 Å². The van der Waals surface area contributed by atoms with Gasteiger partial charge >= 0.3 is 6.18 Å². The summed E-state index contributed by atoms with van der Waals surface area (Å²) in [6.07, 6.45) is -1.70. The van der Waals surface area contributed by atoms with Gasteiger partial charge in [-0.25, -0.2) is 0 Å². The lowest BCUT2D eigenvalue weighted by Crippen LogP contribution is -2.04. The van der Waals surface area contributed by atoms with Crippen LogP contribution in [-0.2, 0) is 12.6 Å². The molecule has 0 saturated heterocycles. The number of hydrogen-bond donors (Lipinski definition) is 1. The molecule has 17 heavy (non-hydrogen) atoms. The Morgan fingerprint density at radius 3 is 2.53 bits per heavy atom. The highest BCUT2D eigenvalue weighted by molar-refractivity contribution is 5.84. The molecule has 0 fully saturated rings. The smallest absolute Gasteiger partial charge is 0.361 e. The van der Waals surface area contributed by atoms with Crippen LogP contribution in [0.15, 0.2) is 24.4 Å². The summed E-state index contributed by atoms with van der Waals surface area (Å²) in [5.41, 5.74) is 1.12. The average molecular weight is 241 g/mol. The molecule has 1 nitrogen and oxygen atoms in total. The molecule has 0 aliphatic heterocycles. The van der Waals surface area contributed by atoms with E-state index in [0.29, 0.717) is 11.3 Å². The Morgan fingerprint density at radius 1 is 1.24 bits per heavy atom. The summed E-state index contributed by atoms with van der Waals surface area (Å²) in [7, 11) is 0. The van der Waals surface area contributed by atoms with Crippen LogP contribution in [0, 0.1) is 5.92 Å². The molecule has 0 aliphatic carbocycles. The first-order chi connectivity index (χ1) is 7.88. The molecule has 0 aliphatic rings. The van der Waals surface area contributed by atoms with Crippen LogP contribution in [0.3, 0.4) is 0 Å². The quantitative estimate of drug-likeness (QED) is 0.802. The molecule has 0 bridgehead atoms. The van der Waals surface area contributed by atoms with Gasteiger partial charge in [0.25, 0.3) is 0 Å². The number of H-pyrrole nitrogens is 1. The molecule has 0 spiro atoms. The van der Waals surface area contributed by atoms with Gasteiger partial charge in [-0.3, -0.25) is 0 Å². The summed E-state index contributed by atoms with van der Waals surface area (Å²) < 4.78 is 37.8. The number of nitrogens with one attached hydrogen (secondary N) is 1. The fourth-order valence-corrected chi connectivity index (χ4v) is 1.96. The Balaban J connectivity index is 2.50. The summed E-state index contributed by atoms with van der Waals surface area (Å²) in [4.78, 5) is 3.00. The highest BCUT2D eigenvalue weighted by Gasteiger charge is 2.30. The molecule has 2 rings (SSSR count). The minimum atomic E-state index is -4.28. The fourth-order valence-electron chi connectivity index (χ4n) is 1.96. The second kappa shape index (κ2) is 4.09. The van der Waals surface area contributed by atoms with Crippen LogP contribution in [0.1, 0.15) is 25.0 Å². The molecular formula is C13H14F3N. The summed E-state index contributed by atoms with van der Waals surface area (Å²) in [5.74, 6) is 0.420. The van der Waals surface area contributed by atoms with Crippen molar-refractivity contribution in [3.63, 3.8) is 0 Å². The van der Waals surface area contributed by atoms with E-state index < -0.39 is 11.7 Å². The molecule has 1 aromatic carbocycles. The van der Waals surface area contributed by atoms with Gasteiger partial charge in [0, 0.05) is 17.1 Å². The molecule has 1 N–H and O–H groups in total. The first kappa shape index (κ1) is 12.0. The zero-order valence-corrected chi connectivity index (χ0v) is 9.73. The third kappa shape index (κ3) is 2.46. The normalized spacial score (nSPS) is 12.6. The van der Waals surface area contributed by atoms with Gasteiger partial charge in [0.05, 0.1) is 5.56 Å². The van der Waals surface area contributed by atoms with Crippen molar-refractivity contribution in [2.24, 2.45) is 5.92 Å². The molecule has 0 saturated carbocycles. The number of hydrogen-bond acceptors (Lipinski definition) is 0. The Kier molecular flexibility index (Phi) is 2.89. The number of benzene rings is 1. The first-order valence-electron chi connectivity index (χ1n) is 5.55. The second-order valence-corrected chi connectivity index (χ2v) is 4.67. The van der Waals surface area contributed by atoms with E-state index >= 15 is 0 Å². The van der Waals surface area contributed by atoms with E-state index in [4.69, 9.17) is 0 Å². The Bertz CT molecular complexity index is 523. The molecule has 0 atom stereocenters. The van der Waals surface area contributed by atoms with Crippen molar-refractivity contribution in [2.75, 3.05) is 0 Å². The molecule has 2 aromatic rings. The van der Waals surface area contributed by atoms with E-state index in [1.807, 2.05) is 13.8 Å². The van der Waals surface area contributed by atoms with Gasteiger partial charge in [-0.05, 0) is 36.1 Å². The predicted molar refractivity (Wildman–Crippen MR) is 61.8 cm³/mol. The van der Waals surface area contributed by atoms with Gasteiger partial charge in [-0.2, -0.15) is 13.2 Å². The zero-order chi connectivity index (χ0) is 12.6. The standard InChI is InChI=1S/C13H14F3N/c1-8(2)5-9-7-17-12-4-3-10(6-11(9)12)13(14,15)16/h3-4,6-8,17H,5H2,1-2H3. The molecular weight excluding hydrogens is 227 g/mol. The lowest BCUT2D eigenvalue weighted by Gasteiger charge is -2.07. The molecule has 0 amide bonds. The Labute approximate surface area is 97.6 Å². The average Bonchev–Trinajstić information content (AvgIpc) is 2.59. The monoisotopic (exact) mass is 241 g/mol. The van der Waals surface area contributed by atoms with E-state index in [9.17, 15) is 13.2 Å². The largest absolute Gasteiger partial charge is 0.416 e.